The smallest absolute Gasteiger partial charge is 0.0505 e. The molecule has 148 valence electrons. The molecular formula is C24H31N3S. The number of likely N-dealkylation sites (tertiary alicyclic amines) is 1. The van der Waals surface area contributed by atoms with E-state index < -0.39 is 0 Å². The zero-order valence-electron chi connectivity index (χ0n) is 17.2. The summed E-state index contributed by atoms with van der Waals surface area (Å²) in [7, 11) is 2.03. The third kappa shape index (κ3) is 3.86. The molecule has 2 N–H and O–H groups in total. The van der Waals surface area contributed by atoms with Gasteiger partial charge in [0, 0.05) is 34.5 Å². The molecule has 1 aliphatic heterocycles. The number of aromatic amines is 1. The molecule has 28 heavy (non-hydrogen) atoms. The number of rotatable bonds is 6. The van der Waals surface area contributed by atoms with E-state index in [1.165, 1.54) is 64.1 Å². The molecule has 0 radical (unpaired) electrons. The highest BCUT2D eigenvalue weighted by molar-refractivity contribution is 7.98. The molecule has 0 bridgehead atoms. The zero-order valence-corrected chi connectivity index (χ0v) is 18.0. The monoisotopic (exact) mass is 393 g/mol. The maximum Gasteiger partial charge on any atom is 0.0505 e. The summed E-state index contributed by atoms with van der Waals surface area (Å²) in [5, 5.41) is 4.64. The lowest BCUT2D eigenvalue weighted by atomic mass is 9.88. The van der Waals surface area contributed by atoms with Crippen molar-refractivity contribution < 1.29 is 0 Å². The van der Waals surface area contributed by atoms with E-state index in [-0.39, 0.29) is 0 Å². The molecule has 1 aliphatic rings. The van der Waals surface area contributed by atoms with E-state index in [9.17, 15) is 0 Å². The Hall–Kier alpha value is -1.75. The van der Waals surface area contributed by atoms with Crippen molar-refractivity contribution in [1.29, 1.82) is 0 Å². The summed E-state index contributed by atoms with van der Waals surface area (Å²) in [6.45, 7) is 6.93. The summed E-state index contributed by atoms with van der Waals surface area (Å²) in [6, 6.07) is 15.8. The lowest BCUT2D eigenvalue weighted by Gasteiger charge is -2.32. The second-order valence-electron chi connectivity index (χ2n) is 7.85. The number of fused-ring (bicyclic) bond motifs is 1. The second kappa shape index (κ2) is 8.73. The number of aryl methyl sites for hydroxylation is 1. The summed E-state index contributed by atoms with van der Waals surface area (Å²) in [5.74, 6) is 0.687. The van der Waals surface area contributed by atoms with E-state index in [2.05, 4.69) is 70.8 Å². The lowest BCUT2D eigenvalue weighted by molar-refractivity contribution is 0.214. The highest BCUT2D eigenvalue weighted by Crippen LogP contribution is 2.37. The maximum absolute atomic E-state index is 3.69. The van der Waals surface area contributed by atoms with Crippen LogP contribution < -0.4 is 5.32 Å². The number of hydrogen-bond acceptors (Lipinski definition) is 3. The van der Waals surface area contributed by atoms with Crippen LogP contribution in [0.3, 0.4) is 0 Å². The first-order valence-corrected chi connectivity index (χ1v) is 11.6. The number of nitrogens with one attached hydrogen (secondary N) is 2. The summed E-state index contributed by atoms with van der Waals surface area (Å²) in [5.41, 5.74) is 6.69. The molecule has 3 nitrogen and oxygen atoms in total. The van der Waals surface area contributed by atoms with Gasteiger partial charge in [-0.2, -0.15) is 0 Å². The number of benzene rings is 2. The van der Waals surface area contributed by atoms with E-state index in [0.29, 0.717) is 5.92 Å². The molecule has 0 spiro atoms. The highest BCUT2D eigenvalue weighted by atomic mass is 32.2. The molecule has 4 rings (SSSR count). The number of hydrogen-bond donors (Lipinski definition) is 2. The minimum Gasteiger partial charge on any atom is -0.354 e. The summed E-state index contributed by atoms with van der Waals surface area (Å²) < 4.78 is 0. The predicted molar refractivity (Wildman–Crippen MR) is 123 cm³/mol. The van der Waals surface area contributed by atoms with Gasteiger partial charge in [0.1, 0.15) is 0 Å². The average molecular weight is 394 g/mol. The SMILES string of the molecule is CNCCN1CCC(c2ccc3[nH]c(-c4ccccc4SC)c(C)c3c2)CC1. The largest absolute Gasteiger partial charge is 0.354 e. The van der Waals surface area contributed by atoms with E-state index in [1.807, 2.05) is 18.8 Å². The van der Waals surface area contributed by atoms with Gasteiger partial charge in [-0.15, -0.1) is 11.8 Å². The summed E-state index contributed by atoms with van der Waals surface area (Å²) in [4.78, 5) is 7.60. The number of thioether (sulfide) groups is 1. The van der Waals surface area contributed by atoms with Crippen molar-refractivity contribution in [3.05, 3.63) is 53.6 Å². The molecule has 4 heteroatoms. The highest BCUT2D eigenvalue weighted by Gasteiger charge is 2.21. The van der Waals surface area contributed by atoms with Crippen LogP contribution in [0.25, 0.3) is 22.2 Å². The zero-order chi connectivity index (χ0) is 19.5. The van der Waals surface area contributed by atoms with Crippen LogP contribution >= 0.6 is 11.8 Å². The normalized spacial score (nSPS) is 16.1. The Kier molecular flexibility index (Phi) is 6.10. The van der Waals surface area contributed by atoms with Gasteiger partial charge >= 0.3 is 0 Å². The van der Waals surface area contributed by atoms with Gasteiger partial charge in [0.15, 0.2) is 0 Å². The van der Waals surface area contributed by atoms with Crippen molar-refractivity contribution in [1.82, 2.24) is 15.2 Å². The Labute approximate surface area is 172 Å². The van der Waals surface area contributed by atoms with Crippen molar-refractivity contribution in [2.75, 3.05) is 39.5 Å². The molecule has 0 saturated carbocycles. The number of aromatic nitrogens is 1. The van der Waals surface area contributed by atoms with Crippen LogP contribution in [0.1, 0.15) is 29.9 Å². The van der Waals surface area contributed by atoms with Gasteiger partial charge in [0.05, 0.1) is 5.69 Å². The van der Waals surface area contributed by atoms with Gasteiger partial charge in [0.2, 0.25) is 0 Å². The molecule has 0 unspecified atom stereocenters. The molecule has 1 aromatic heterocycles. The average Bonchev–Trinajstić information content (AvgIpc) is 3.08. The van der Waals surface area contributed by atoms with Crippen LogP contribution in [0.5, 0.6) is 0 Å². The molecule has 2 aromatic carbocycles. The Morgan fingerprint density at radius 2 is 1.93 bits per heavy atom. The van der Waals surface area contributed by atoms with Crippen LogP contribution in [0.15, 0.2) is 47.4 Å². The second-order valence-corrected chi connectivity index (χ2v) is 8.70. The fraction of sp³-hybridized carbons (Fsp3) is 0.417. The number of likely N-dealkylation sites (N-methyl/N-ethyl adjacent to an activating group) is 1. The first-order valence-electron chi connectivity index (χ1n) is 10.3. The Morgan fingerprint density at radius 1 is 1.14 bits per heavy atom. The van der Waals surface area contributed by atoms with Crippen molar-refractivity contribution in [2.45, 2.75) is 30.6 Å². The van der Waals surface area contributed by atoms with E-state index in [0.717, 1.165) is 13.1 Å². The molecule has 1 saturated heterocycles. The van der Waals surface area contributed by atoms with Crippen molar-refractivity contribution in [2.24, 2.45) is 0 Å². The van der Waals surface area contributed by atoms with Gasteiger partial charge < -0.3 is 15.2 Å². The van der Waals surface area contributed by atoms with Crippen LogP contribution in [-0.2, 0) is 0 Å². The van der Waals surface area contributed by atoms with Crippen molar-refractivity contribution in [3.63, 3.8) is 0 Å². The minimum absolute atomic E-state index is 0.687. The van der Waals surface area contributed by atoms with Crippen molar-refractivity contribution >= 4 is 22.7 Å². The molecule has 0 atom stereocenters. The Bertz CT molecular complexity index is 938. The van der Waals surface area contributed by atoms with Crippen LogP contribution in [-0.4, -0.2) is 49.4 Å². The summed E-state index contributed by atoms with van der Waals surface area (Å²) in [6.07, 6.45) is 4.68. The van der Waals surface area contributed by atoms with Gasteiger partial charge in [-0.3, -0.25) is 0 Å². The van der Waals surface area contributed by atoms with Crippen LogP contribution in [0.4, 0.5) is 0 Å². The molecule has 2 heterocycles. The van der Waals surface area contributed by atoms with Crippen LogP contribution in [0, 0.1) is 6.92 Å². The Morgan fingerprint density at radius 3 is 2.68 bits per heavy atom. The molecule has 0 aliphatic carbocycles. The van der Waals surface area contributed by atoms with Gasteiger partial charge in [-0.05, 0) is 81.4 Å². The van der Waals surface area contributed by atoms with Crippen molar-refractivity contribution in [3.8, 4) is 11.3 Å². The predicted octanol–water partition coefficient (Wildman–Crippen LogP) is 5.26. The maximum atomic E-state index is 3.69. The summed E-state index contributed by atoms with van der Waals surface area (Å²) >= 11 is 1.81. The number of H-pyrrole nitrogens is 1. The molecule has 0 amide bonds. The van der Waals surface area contributed by atoms with Gasteiger partial charge in [0.25, 0.3) is 0 Å². The van der Waals surface area contributed by atoms with E-state index in [4.69, 9.17) is 0 Å². The van der Waals surface area contributed by atoms with Gasteiger partial charge in [-0.1, -0.05) is 24.3 Å². The topological polar surface area (TPSA) is 31.1 Å². The fourth-order valence-electron chi connectivity index (χ4n) is 4.48. The van der Waals surface area contributed by atoms with E-state index >= 15 is 0 Å². The number of piperidine rings is 1. The third-order valence-corrected chi connectivity index (χ3v) is 6.99. The first-order chi connectivity index (χ1) is 13.7. The third-order valence-electron chi connectivity index (χ3n) is 6.20. The van der Waals surface area contributed by atoms with Gasteiger partial charge in [-0.25, -0.2) is 0 Å². The standard InChI is InChI=1S/C24H31N3S/c1-17-21-16-19(18-10-13-27(14-11-18)15-12-25-2)8-9-22(21)26-24(17)20-6-4-5-7-23(20)28-3/h4-9,16,18,25-26H,10-15H2,1-3H3. The minimum atomic E-state index is 0.687. The molecule has 1 fully saturated rings. The van der Waals surface area contributed by atoms with Crippen LogP contribution in [0.2, 0.25) is 0 Å². The first kappa shape index (κ1) is 19.6. The molecule has 3 aromatic rings. The quantitative estimate of drug-likeness (QED) is 0.560. The number of nitrogens with zero attached hydrogens (tertiary/aromatic N) is 1. The molecular weight excluding hydrogens is 362 g/mol. The lowest BCUT2D eigenvalue weighted by Crippen LogP contribution is -2.37. The Balaban J connectivity index is 1.59. The van der Waals surface area contributed by atoms with E-state index in [1.54, 1.807) is 0 Å². The fourth-order valence-corrected chi connectivity index (χ4v) is 5.08.